The molecule has 18 heavy (non-hydrogen) atoms. The van der Waals surface area contributed by atoms with Crippen LogP contribution in [0.4, 0.5) is 4.39 Å². The zero-order valence-electron chi connectivity index (χ0n) is 9.52. The van der Waals surface area contributed by atoms with Crippen molar-refractivity contribution in [2.24, 2.45) is 0 Å². The van der Waals surface area contributed by atoms with Crippen LogP contribution in [-0.4, -0.2) is 15.1 Å². The molecule has 2 aromatic rings. The van der Waals surface area contributed by atoms with Gasteiger partial charge in [-0.3, -0.25) is 0 Å². The molecular formula is C12H10BrFN2O2. The van der Waals surface area contributed by atoms with E-state index in [0.29, 0.717) is 4.47 Å². The van der Waals surface area contributed by atoms with Crippen molar-refractivity contribution >= 4 is 15.9 Å². The molecule has 1 aromatic carbocycles. The highest BCUT2D eigenvalue weighted by atomic mass is 79.9. The molecule has 0 aliphatic carbocycles. The van der Waals surface area contributed by atoms with E-state index in [4.69, 9.17) is 9.84 Å². The molecule has 1 aromatic heterocycles. The maximum atomic E-state index is 13.9. The van der Waals surface area contributed by atoms with Crippen LogP contribution in [0.2, 0.25) is 0 Å². The van der Waals surface area contributed by atoms with E-state index in [1.54, 1.807) is 19.1 Å². The minimum atomic E-state index is -0.628. The number of halogens is 2. The second-order valence-corrected chi connectivity index (χ2v) is 4.43. The van der Waals surface area contributed by atoms with Crippen molar-refractivity contribution in [1.82, 2.24) is 9.97 Å². The van der Waals surface area contributed by atoms with Crippen LogP contribution in [0.5, 0.6) is 11.8 Å². The first kappa shape index (κ1) is 12.9. The molecule has 0 aliphatic heterocycles. The molecule has 0 fully saturated rings. The number of nitrogens with zero attached hydrogens (tertiary/aromatic N) is 2. The molecule has 0 saturated heterocycles. The molecule has 0 unspecified atom stereocenters. The molecule has 6 heteroatoms. The molecule has 2 rings (SSSR count). The number of hydrogen-bond donors (Lipinski definition) is 1. The summed E-state index contributed by atoms with van der Waals surface area (Å²) in [7, 11) is 0. The van der Waals surface area contributed by atoms with Gasteiger partial charge in [-0.05, 0) is 25.1 Å². The fourth-order valence-corrected chi connectivity index (χ4v) is 1.80. The monoisotopic (exact) mass is 312 g/mol. The van der Waals surface area contributed by atoms with Gasteiger partial charge in [0.15, 0.2) is 11.6 Å². The summed E-state index contributed by atoms with van der Waals surface area (Å²) in [6.45, 7) is 1.37. The fraction of sp³-hybridized carbons (Fsp3) is 0.167. The third-order valence-electron chi connectivity index (χ3n) is 2.28. The lowest BCUT2D eigenvalue weighted by Crippen LogP contribution is -1.98. The van der Waals surface area contributed by atoms with Crippen molar-refractivity contribution in [1.29, 1.82) is 0 Å². The predicted molar refractivity (Wildman–Crippen MR) is 66.9 cm³/mol. The molecule has 0 atom stereocenters. The molecule has 0 saturated carbocycles. The Morgan fingerprint density at radius 1 is 1.39 bits per heavy atom. The van der Waals surface area contributed by atoms with E-state index in [9.17, 15) is 4.39 Å². The fourth-order valence-electron chi connectivity index (χ4n) is 1.37. The molecule has 1 N–H and O–H groups in total. The molecule has 0 amide bonds. The second-order valence-electron chi connectivity index (χ2n) is 3.58. The van der Waals surface area contributed by atoms with E-state index in [-0.39, 0.29) is 17.3 Å². The molecule has 0 spiro atoms. The van der Waals surface area contributed by atoms with Crippen LogP contribution in [0.15, 0.2) is 28.9 Å². The van der Waals surface area contributed by atoms with Crippen molar-refractivity contribution in [3.63, 3.8) is 0 Å². The molecule has 0 radical (unpaired) electrons. The Labute approximate surface area is 112 Å². The van der Waals surface area contributed by atoms with Gasteiger partial charge in [-0.2, -0.15) is 0 Å². The zero-order valence-corrected chi connectivity index (χ0v) is 11.1. The van der Waals surface area contributed by atoms with Crippen LogP contribution in [0.3, 0.4) is 0 Å². The Kier molecular flexibility index (Phi) is 3.88. The number of benzene rings is 1. The predicted octanol–water partition coefficient (Wildman–Crippen LogP) is 2.97. The van der Waals surface area contributed by atoms with Crippen molar-refractivity contribution in [2.45, 2.75) is 13.5 Å². The number of rotatable bonds is 3. The number of hydrogen-bond acceptors (Lipinski definition) is 4. The van der Waals surface area contributed by atoms with Gasteiger partial charge in [0.05, 0.1) is 6.61 Å². The number of aliphatic hydroxyl groups is 1. The van der Waals surface area contributed by atoms with Gasteiger partial charge >= 0.3 is 6.01 Å². The molecule has 1 heterocycles. The topological polar surface area (TPSA) is 55.2 Å². The lowest BCUT2D eigenvalue weighted by atomic mass is 10.2. The number of aromatic nitrogens is 2. The van der Waals surface area contributed by atoms with Gasteiger partial charge < -0.3 is 9.84 Å². The summed E-state index contributed by atoms with van der Waals surface area (Å²) < 4.78 is 19.7. The van der Waals surface area contributed by atoms with Crippen molar-refractivity contribution < 1.29 is 14.2 Å². The summed E-state index contributed by atoms with van der Waals surface area (Å²) in [5, 5.41) is 9.08. The van der Waals surface area contributed by atoms with Gasteiger partial charge in [0, 0.05) is 21.9 Å². The first-order valence-electron chi connectivity index (χ1n) is 5.17. The average Bonchev–Trinajstić information content (AvgIpc) is 2.34. The summed E-state index contributed by atoms with van der Waals surface area (Å²) >= 11 is 3.15. The van der Waals surface area contributed by atoms with Gasteiger partial charge in [-0.1, -0.05) is 15.9 Å². The van der Waals surface area contributed by atoms with Gasteiger partial charge in [0.25, 0.3) is 0 Å². The van der Waals surface area contributed by atoms with E-state index in [2.05, 4.69) is 25.9 Å². The molecule has 94 valence electrons. The smallest absolute Gasteiger partial charge is 0.322 e. The number of ether oxygens (including phenoxy) is 1. The minimum Gasteiger partial charge on any atom is -0.421 e. The van der Waals surface area contributed by atoms with Gasteiger partial charge in [-0.25, -0.2) is 14.4 Å². The summed E-state index contributed by atoms with van der Waals surface area (Å²) in [6, 6.07) is 4.83. The SMILES string of the molecule is Cc1ccnc(Oc2ccc(Br)c(CO)c2F)n1. The summed E-state index contributed by atoms with van der Waals surface area (Å²) in [6.07, 6.45) is 1.53. The second kappa shape index (κ2) is 5.41. The quantitative estimate of drug-likeness (QED) is 0.946. The van der Waals surface area contributed by atoms with Crippen LogP contribution >= 0.6 is 15.9 Å². The summed E-state index contributed by atoms with van der Waals surface area (Å²) in [5.41, 5.74) is 0.861. The van der Waals surface area contributed by atoms with Crippen LogP contribution in [-0.2, 0) is 6.61 Å². The zero-order chi connectivity index (χ0) is 13.1. The Morgan fingerprint density at radius 3 is 2.83 bits per heavy atom. The average molecular weight is 313 g/mol. The minimum absolute atomic E-state index is 0.0205. The summed E-state index contributed by atoms with van der Waals surface area (Å²) in [5.74, 6) is -0.648. The molecule has 0 bridgehead atoms. The summed E-state index contributed by atoms with van der Waals surface area (Å²) in [4.78, 5) is 7.89. The highest BCUT2D eigenvalue weighted by Gasteiger charge is 2.14. The largest absolute Gasteiger partial charge is 0.421 e. The van der Waals surface area contributed by atoms with E-state index in [1.165, 1.54) is 12.3 Å². The third kappa shape index (κ3) is 2.65. The van der Waals surface area contributed by atoms with Crippen LogP contribution in [0, 0.1) is 12.7 Å². The lowest BCUT2D eigenvalue weighted by Gasteiger charge is -2.09. The standard InChI is InChI=1S/C12H10BrFN2O2/c1-7-4-5-15-12(16-7)18-10-3-2-9(13)8(6-17)11(10)14/h2-5,17H,6H2,1H3. The molecule has 0 aliphatic rings. The number of aryl methyl sites for hydroxylation is 1. The van der Waals surface area contributed by atoms with Crippen LogP contribution in [0.1, 0.15) is 11.3 Å². The van der Waals surface area contributed by atoms with E-state index < -0.39 is 12.4 Å². The first-order valence-corrected chi connectivity index (χ1v) is 5.96. The Morgan fingerprint density at radius 2 is 2.17 bits per heavy atom. The normalized spacial score (nSPS) is 10.4. The highest BCUT2D eigenvalue weighted by molar-refractivity contribution is 9.10. The van der Waals surface area contributed by atoms with E-state index in [0.717, 1.165) is 5.69 Å². The Hall–Kier alpha value is -1.53. The maximum Gasteiger partial charge on any atom is 0.322 e. The third-order valence-corrected chi connectivity index (χ3v) is 3.03. The Balaban J connectivity index is 2.35. The van der Waals surface area contributed by atoms with Crippen LogP contribution < -0.4 is 4.74 Å². The van der Waals surface area contributed by atoms with Crippen molar-refractivity contribution in [2.75, 3.05) is 0 Å². The first-order chi connectivity index (χ1) is 8.61. The van der Waals surface area contributed by atoms with E-state index >= 15 is 0 Å². The Bertz CT molecular complexity index is 578. The van der Waals surface area contributed by atoms with E-state index in [1.807, 2.05) is 0 Å². The van der Waals surface area contributed by atoms with Crippen LogP contribution in [0.25, 0.3) is 0 Å². The van der Waals surface area contributed by atoms with Crippen molar-refractivity contribution in [3.8, 4) is 11.8 Å². The maximum absolute atomic E-state index is 13.9. The van der Waals surface area contributed by atoms with Crippen molar-refractivity contribution in [3.05, 3.63) is 45.9 Å². The number of aliphatic hydroxyl groups excluding tert-OH is 1. The molecular weight excluding hydrogens is 303 g/mol. The van der Waals surface area contributed by atoms with Gasteiger partial charge in [-0.15, -0.1) is 0 Å². The highest BCUT2D eigenvalue weighted by Crippen LogP contribution is 2.29. The molecule has 4 nitrogen and oxygen atoms in total. The lowest BCUT2D eigenvalue weighted by molar-refractivity contribution is 0.272. The van der Waals surface area contributed by atoms with Gasteiger partial charge in [0.2, 0.25) is 0 Å². The van der Waals surface area contributed by atoms with Gasteiger partial charge in [0.1, 0.15) is 0 Å².